The van der Waals surface area contributed by atoms with Gasteiger partial charge in [0.25, 0.3) is 5.91 Å². The van der Waals surface area contributed by atoms with Crippen molar-refractivity contribution in [3.8, 4) is 5.75 Å². The van der Waals surface area contributed by atoms with Gasteiger partial charge in [-0.2, -0.15) is 4.31 Å². The van der Waals surface area contributed by atoms with Gasteiger partial charge in [-0.15, -0.1) is 0 Å². The number of amides is 1. The molecule has 2 aliphatic rings. The number of piperazine rings is 1. The van der Waals surface area contributed by atoms with E-state index in [1.807, 2.05) is 19.1 Å². The molecule has 37 heavy (non-hydrogen) atoms. The molecule has 3 aromatic rings. The highest BCUT2D eigenvalue weighted by molar-refractivity contribution is 7.89. The van der Waals surface area contributed by atoms with Gasteiger partial charge in [0.2, 0.25) is 10.0 Å². The van der Waals surface area contributed by atoms with Crippen LogP contribution in [0.3, 0.4) is 0 Å². The Balaban J connectivity index is 1.08. The Kier molecular flexibility index (Phi) is 7.94. The molecule has 9 nitrogen and oxygen atoms in total. The lowest BCUT2D eigenvalue weighted by atomic mass is 10.2. The Bertz CT molecular complexity index is 1330. The molecule has 3 heterocycles. The molecule has 2 saturated heterocycles. The molecule has 0 radical (unpaired) electrons. The van der Waals surface area contributed by atoms with Gasteiger partial charge < -0.3 is 15.0 Å². The maximum atomic E-state index is 12.7. The summed E-state index contributed by atoms with van der Waals surface area (Å²) in [5, 5.41) is 3.99. The number of nitrogens with one attached hydrogen (secondary N) is 1. The van der Waals surface area contributed by atoms with Crippen LogP contribution in [0.1, 0.15) is 30.1 Å². The quantitative estimate of drug-likeness (QED) is 0.443. The van der Waals surface area contributed by atoms with Crippen LogP contribution in [0, 0.1) is 0 Å². The van der Waals surface area contributed by atoms with Crippen LogP contribution in [-0.2, 0) is 10.0 Å². The number of thiazole rings is 1. The fourth-order valence-corrected chi connectivity index (χ4v) is 7.30. The minimum Gasteiger partial charge on any atom is -0.494 e. The fraction of sp³-hybridized carbons (Fsp3) is 0.462. The summed E-state index contributed by atoms with van der Waals surface area (Å²) in [6, 6.07) is 12.3. The lowest BCUT2D eigenvalue weighted by molar-refractivity contribution is 0.0947. The van der Waals surface area contributed by atoms with Crippen molar-refractivity contribution < 1.29 is 17.9 Å². The van der Waals surface area contributed by atoms with Gasteiger partial charge in [-0.25, -0.2) is 13.4 Å². The first kappa shape index (κ1) is 25.9. The Morgan fingerprint density at radius 1 is 1.03 bits per heavy atom. The summed E-state index contributed by atoms with van der Waals surface area (Å²) >= 11 is 1.69. The Morgan fingerprint density at radius 2 is 1.76 bits per heavy atom. The maximum absolute atomic E-state index is 12.7. The van der Waals surface area contributed by atoms with Crippen LogP contribution < -0.4 is 15.0 Å². The topological polar surface area (TPSA) is 95.1 Å². The van der Waals surface area contributed by atoms with Gasteiger partial charge in [0.05, 0.1) is 21.7 Å². The number of carbonyl (C=O) groups is 1. The molecular formula is C26H33N5O4S2. The first-order chi connectivity index (χ1) is 17.9. The highest BCUT2D eigenvalue weighted by atomic mass is 32.2. The normalized spacial score (nSPS) is 17.4. The van der Waals surface area contributed by atoms with E-state index in [0.717, 1.165) is 66.7 Å². The molecule has 1 aromatic heterocycles. The van der Waals surface area contributed by atoms with Gasteiger partial charge in [0.15, 0.2) is 5.13 Å². The average Bonchev–Trinajstić information content (AvgIpc) is 3.60. The molecule has 0 aliphatic carbocycles. The molecule has 2 fully saturated rings. The van der Waals surface area contributed by atoms with Crippen molar-refractivity contribution in [1.29, 1.82) is 0 Å². The van der Waals surface area contributed by atoms with Crippen LogP contribution in [0.25, 0.3) is 10.2 Å². The van der Waals surface area contributed by atoms with Crippen LogP contribution in [0.5, 0.6) is 5.75 Å². The SMILES string of the molecule is CCOc1ccc2nc(N3CCN(CCNC(=O)c4ccc(S(=O)(=O)N5CCCC5)cc4)CC3)sc2c1. The summed E-state index contributed by atoms with van der Waals surface area (Å²) in [6.07, 6.45) is 1.79. The van der Waals surface area contributed by atoms with Crippen molar-refractivity contribution in [2.24, 2.45) is 0 Å². The molecule has 2 aliphatic heterocycles. The van der Waals surface area contributed by atoms with Crippen molar-refractivity contribution in [2.45, 2.75) is 24.7 Å². The van der Waals surface area contributed by atoms with E-state index in [9.17, 15) is 13.2 Å². The van der Waals surface area contributed by atoms with Gasteiger partial charge in [0.1, 0.15) is 5.75 Å². The first-order valence-electron chi connectivity index (χ1n) is 12.8. The standard InChI is InChI=1S/C26H33N5O4S2/c1-2-35-21-7-10-23-24(19-21)36-26(28-23)30-17-15-29(16-18-30)14-11-27-25(32)20-5-8-22(9-6-20)37(33,34)31-12-3-4-13-31/h5-10,19H,2-4,11-18H2,1H3,(H,27,32). The Labute approximate surface area is 222 Å². The number of hydrogen-bond donors (Lipinski definition) is 1. The molecule has 0 saturated carbocycles. The second-order valence-corrected chi connectivity index (χ2v) is 12.2. The van der Waals surface area contributed by atoms with Crippen molar-refractivity contribution in [2.75, 3.05) is 63.9 Å². The zero-order chi connectivity index (χ0) is 25.8. The number of hydrogen-bond acceptors (Lipinski definition) is 8. The molecule has 5 rings (SSSR count). The van der Waals surface area contributed by atoms with Crippen LogP contribution in [0.2, 0.25) is 0 Å². The van der Waals surface area contributed by atoms with E-state index < -0.39 is 10.0 Å². The number of aromatic nitrogens is 1. The molecule has 0 spiro atoms. The van der Waals surface area contributed by atoms with Crippen molar-refractivity contribution >= 4 is 42.6 Å². The third-order valence-corrected chi connectivity index (χ3v) is 9.83. The van der Waals surface area contributed by atoms with E-state index in [2.05, 4.69) is 21.2 Å². The van der Waals surface area contributed by atoms with E-state index in [4.69, 9.17) is 9.72 Å². The van der Waals surface area contributed by atoms with E-state index in [-0.39, 0.29) is 10.8 Å². The van der Waals surface area contributed by atoms with E-state index in [1.54, 1.807) is 23.5 Å². The van der Waals surface area contributed by atoms with Crippen LogP contribution in [0.15, 0.2) is 47.4 Å². The van der Waals surface area contributed by atoms with Gasteiger partial charge in [0, 0.05) is 57.9 Å². The molecule has 2 aromatic carbocycles. The van der Waals surface area contributed by atoms with Gasteiger partial charge in [-0.1, -0.05) is 11.3 Å². The number of ether oxygens (including phenoxy) is 1. The molecule has 11 heteroatoms. The van der Waals surface area contributed by atoms with E-state index in [1.165, 1.54) is 16.4 Å². The molecule has 198 valence electrons. The average molecular weight is 544 g/mol. The smallest absolute Gasteiger partial charge is 0.251 e. The largest absolute Gasteiger partial charge is 0.494 e. The number of anilines is 1. The summed E-state index contributed by atoms with van der Waals surface area (Å²) in [7, 11) is -3.47. The second kappa shape index (κ2) is 11.3. The molecule has 1 amide bonds. The summed E-state index contributed by atoms with van der Waals surface area (Å²) in [5.74, 6) is 0.685. The number of rotatable bonds is 9. The number of benzene rings is 2. The molecule has 0 unspecified atom stereocenters. The molecule has 0 bridgehead atoms. The lowest BCUT2D eigenvalue weighted by Gasteiger charge is -2.34. The monoisotopic (exact) mass is 543 g/mol. The summed E-state index contributed by atoms with van der Waals surface area (Å²) in [6.45, 7) is 8.64. The highest BCUT2D eigenvalue weighted by Gasteiger charge is 2.27. The zero-order valence-corrected chi connectivity index (χ0v) is 22.7. The Hall–Kier alpha value is -2.73. The third kappa shape index (κ3) is 5.90. The minimum atomic E-state index is -3.47. The van der Waals surface area contributed by atoms with Gasteiger partial charge >= 0.3 is 0 Å². The van der Waals surface area contributed by atoms with Gasteiger partial charge in [-0.05, 0) is 62.2 Å². The number of sulfonamides is 1. The van der Waals surface area contributed by atoms with Crippen molar-refractivity contribution in [3.63, 3.8) is 0 Å². The molecular weight excluding hydrogens is 510 g/mol. The van der Waals surface area contributed by atoms with Gasteiger partial charge in [-0.3, -0.25) is 9.69 Å². The number of nitrogens with zero attached hydrogens (tertiary/aromatic N) is 4. The minimum absolute atomic E-state index is 0.190. The zero-order valence-electron chi connectivity index (χ0n) is 21.1. The fourth-order valence-electron chi connectivity index (χ4n) is 4.73. The predicted molar refractivity (Wildman–Crippen MR) is 146 cm³/mol. The summed E-state index contributed by atoms with van der Waals surface area (Å²) in [5.41, 5.74) is 1.46. The third-order valence-electron chi connectivity index (χ3n) is 6.84. The van der Waals surface area contributed by atoms with E-state index in [0.29, 0.717) is 31.8 Å². The molecule has 0 atom stereocenters. The number of fused-ring (bicyclic) bond motifs is 1. The Morgan fingerprint density at radius 3 is 2.46 bits per heavy atom. The van der Waals surface area contributed by atoms with Crippen LogP contribution in [0.4, 0.5) is 5.13 Å². The molecule has 1 N–H and O–H groups in total. The maximum Gasteiger partial charge on any atom is 0.251 e. The lowest BCUT2D eigenvalue weighted by Crippen LogP contribution is -2.48. The predicted octanol–water partition coefficient (Wildman–Crippen LogP) is 3.03. The van der Waals surface area contributed by atoms with E-state index >= 15 is 0 Å². The second-order valence-electron chi connectivity index (χ2n) is 9.28. The first-order valence-corrected chi connectivity index (χ1v) is 15.1. The summed E-state index contributed by atoms with van der Waals surface area (Å²) < 4.78 is 33.6. The highest BCUT2D eigenvalue weighted by Crippen LogP contribution is 2.32. The number of carbonyl (C=O) groups excluding carboxylic acids is 1. The van der Waals surface area contributed by atoms with Crippen molar-refractivity contribution in [3.05, 3.63) is 48.0 Å². The van der Waals surface area contributed by atoms with Crippen molar-refractivity contribution in [1.82, 2.24) is 19.5 Å². The van der Waals surface area contributed by atoms with Crippen LogP contribution in [-0.4, -0.2) is 87.5 Å². The summed E-state index contributed by atoms with van der Waals surface area (Å²) in [4.78, 5) is 22.3. The van der Waals surface area contributed by atoms with Crippen LogP contribution >= 0.6 is 11.3 Å².